The number of carbonyl (C=O) groups excluding carboxylic acids is 1. The number of hydrogen-bond acceptors (Lipinski definition) is 3. The van der Waals surface area contributed by atoms with Gasteiger partial charge in [0.05, 0.1) is 23.4 Å². The van der Waals surface area contributed by atoms with Crippen LogP contribution >= 0.6 is 0 Å². The van der Waals surface area contributed by atoms with E-state index in [1.165, 1.54) is 19.1 Å². The number of aromatic carboxylic acids is 1. The van der Waals surface area contributed by atoms with Crippen LogP contribution in [-0.4, -0.2) is 32.9 Å². The average Bonchev–Trinajstić information content (AvgIpc) is 2.86. The van der Waals surface area contributed by atoms with Crippen molar-refractivity contribution in [1.29, 1.82) is 0 Å². The molecule has 0 saturated carbocycles. The Morgan fingerprint density at radius 2 is 1.88 bits per heavy atom. The van der Waals surface area contributed by atoms with Gasteiger partial charge in [-0.3, -0.25) is 9.48 Å². The number of carboxylic acids is 1. The second kappa shape index (κ2) is 6.96. The van der Waals surface area contributed by atoms with Gasteiger partial charge in [-0.05, 0) is 31.5 Å². The predicted molar refractivity (Wildman–Crippen MR) is 82.3 cm³/mol. The van der Waals surface area contributed by atoms with Crippen molar-refractivity contribution in [1.82, 2.24) is 15.1 Å². The normalized spacial score (nSPS) is 12.7. The fourth-order valence-electron chi connectivity index (χ4n) is 2.27. The molecular weight excluding hydrogens is 339 g/mol. The highest BCUT2D eigenvalue weighted by molar-refractivity contribution is 5.95. The maximum absolute atomic E-state index is 12.4. The van der Waals surface area contributed by atoms with Gasteiger partial charge in [0.1, 0.15) is 6.54 Å². The maximum Gasteiger partial charge on any atom is 0.408 e. The maximum atomic E-state index is 12.4. The van der Waals surface area contributed by atoms with E-state index in [1.807, 2.05) is 0 Å². The van der Waals surface area contributed by atoms with Gasteiger partial charge in [0.15, 0.2) is 0 Å². The molecule has 134 valence electrons. The van der Waals surface area contributed by atoms with Gasteiger partial charge in [-0.2, -0.15) is 18.3 Å². The van der Waals surface area contributed by atoms with E-state index in [0.29, 0.717) is 5.56 Å². The largest absolute Gasteiger partial charge is 0.478 e. The third-order valence-electron chi connectivity index (χ3n) is 3.68. The van der Waals surface area contributed by atoms with Crippen LogP contribution in [0.25, 0.3) is 0 Å². The first-order valence-electron chi connectivity index (χ1n) is 7.32. The molecule has 0 fully saturated rings. The molecule has 1 amide bonds. The van der Waals surface area contributed by atoms with Gasteiger partial charge in [-0.25, -0.2) is 4.79 Å². The molecule has 1 atom stereocenters. The van der Waals surface area contributed by atoms with Crippen molar-refractivity contribution in [2.24, 2.45) is 0 Å². The van der Waals surface area contributed by atoms with Gasteiger partial charge in [-0.1, -0.05) is 12.1 Å². The van der Waals surface area contributed by atoms with E-state index >= 15 is 0 Å². The Kier molecular flexibility index (Phi) is 5.15. The number of carboxylic acid groups (broad SMARTS) is 1. The number of hydrogen-bond donors (Lipinski definition) is 2. The van der Waals surface area contributed by atoms with Gasteiger partial charge >= 0.3 is 12.1 Å². The van der Waals surface area contributed by atoms with E-state index in [9.17, 15) is 22.8 Å². The van der Waals surface area contributed by atoms with Crippen LogP contribution in [0.5, 0.6) is 0 Å². The molecule has 2 aromatic rings. The molecule has 0 aliphatic heterocycles. The van der Waals surface area contributed by atoms with Crippen LogP contribution in [0.15, 0.2) is 30.5 Å². The molecular formula is C16H16F3N3O3. The Bertz CT molecular complexity index is 782. The topological polar surface area (TPSA) is 84.2 Å². The van der Waals surface area contributed by atoms with Crippen molar-refractivity contribution >= 4 is 11.9 Å². The standard InChI is InChI=1S/C16H16F3N3O3/c1-9(11-3-5-12(6-4-11)15(24)25)21-14(23)13-7-20-22(10(13)2)8-16(17,18)19/h3-7,9H,8H2,1-2H3,(H,21,23)(H,24,25)/t9-/m1/s1. The third-order valence-corrected chi connectivity index (χ3v) is 3.68. The van der Waals surface area contributed by atoms with Crippen molar-refractivity contribution in [3.05, 3.63) is 52.8 Å². The zero-order chi connectivity index (χ0) is 18.8. The van der Waals surface area contributed by atoms with Gasteiger partial charge in [0.2, 0.25) is 0 Å². The Morgan fingerprint density at radius 1 is 1.28 bits per heavy atom. The Hall–Kier alpha value is -2.84. The molecule has 25 heavy (non-hydrogen) atoms. The molecule has 6 nitrogen and oxygen atoms in total. The summed E-state index contributed by atoms with van der Waals surface area (Å²) < 4.78 is 38.1. The van der Waals surface area contributed by atoms with Crippen LogP contribution in [0, 0.1) is 6.92 Å². The number of alkyl halides is 3. The van der Waals surface area contributed by atoms with Gasteiger partial charge < -0.3 is 10.4 Å². The molecule has 0 aliphatic carbocycles. The molecule has 0 radical (unpaired) electrons. The van der Waals surface area contributed by atoms with Crippen molar-refractivity contribution in [3.63, 3.8) is 0 Å². The van der Waals surface area contributed by atoms with Gasteiger partial charge in [0, 0.05) is 5.69 Å². The number of nitrogens with one attached hydrogen (secondary N) is 1. The summed E-state index contributed by atoms with van der Waals surface area (Å²) >= 11 is 0. The van der Waals surface area contributed by atoms with E-state index in [0.717, 1.165) is 10.9 Å². The number of amides is 1. The van der Waals surface area contributed by atoms with E-state index in [-0.39, 0.29) is 16.8 Å². The van der Waals surface area contributed by atoms with Crippen molar-refractivity contribution in [2.45, 2.75) is 32.6 Å². The average molecular weight is 355 g/mol. The van der Waals surface area contributed by atoms with E-state index in [1.54, 1.807) is 19.1 Å². The van der Waals surface area contributed by atoms with Gasteiger partial charge in [-0.15, -0.1) is 0 Å². The van der Waals surface area contributed by atoms with Crippen molar-refractivity contribution in [2.75, 3.05) is 0 Å². The lowest BCUT2D eigenvalue weighted by molar-refractivity contribution is -0.142. The lowest BCUT2D eigenvalue weighted by Crippen LogP contribution is -2.27. The molecule has 2 N–H and O–H groups in total. The highest BCUT2D eigenvalue weighted by atomic mass is 19.4. The predicted octanol–water partition coefficient (Wildman–Crippen LogP) is 2.94. The van der Waals surface area contributed by atoms with Crippen molar-refractivity contribution < 1.29 is 27.9 Å². The second-order valence-electron chi connectivity index (χ2n) is 5.54. The molecule has 1 aromatic heterocycles. The minimum atomic E-state index is -4.43. The first-order chi connectivity index (χ1) is 11.6. The molecule has 0 unspecified atom stereocenters. The van der Waals surface area contributed by atoms with Crippen LogP contribution in [0.3, 0.4) is 0 Å². The number of nitrogens with zero attached hydrogens (tertiary/aromatic N) is 2. The quantitative estimate of drug-likeness (QED) is 0.864. The lowest BCUT2D eigenvalue weighted by Gasteiger charge is -2.14. The molecule has 1 aromatic carbocycles. The number of rotatable bonds is 5. The van der Waals surface area contributed by atoms with Crippen LogP contribution in [0.1, 0.15) is 44.9 Å². The summed E-state index contributed by atoms with van der Waals surface area (Å²) in [5, 5.41) is 15.1. The lowest BCUT2D eigenvalue weighted by atomic mass is 10.1. The summed E-state index contributed by atoms with van der Waals surface area (Å²) in [5.41, 5.74) is 0.951. The second-order valence-corrected chi connectivity index (χ2v) is 5.54. The summed E-state index contributed by atoms with van der Waals surface area (Å²) in [6.45, 7) is 1.81. The summed E-state index contributed by atoms with van der Waals surface area (Å²) in [5.74, 6) is -1.61. The Labute approximate surface area is 141 Å². The highest BCUT2D eigenvalue weighted by Gasteiger charge is 2.30. The van der Waals surface area contributed by atoms with Crippen LogP contribution in [-0.2, 0) is 6.54 Å². The first-order valence-corrected chi connectivity index (χ1v) is 7.32. The number of halogens is 3. The summed E-state index contributed by atoms with van der Waals surface area (Å²) in [6, 6.07) is 5.49. The smallest absolute Gasteiger partial charge is 0.408 e. The summed E-state index contributed by atoms with van der Waals surface area (Å²) in [4.78, 5) is 23.1. The zero-order valence-corrected chi connectivity index (χ0v) is 13.5. The number of benzene rings is 1. The first kappa shape index (κ1) is 18.5. The van der Waals surface area contributed by atoms with Crippen LogP contribution in [0.4, 0.5) is 13.2 Å². The fourth-order valence-corrected chi connectivity index (χ4v) is 2.27. The van der Waals surface area contributed by atoms with Crippen molar-refractivity contribution in [3.8, 4) is 0 Å². The number of carbonyl (C=O) groups is 2. The molecule has 0 saturated heterocycles. The zero-order valence-electron chi connectivity index (χ0n) is 13.5. The molecule has 2 rings (SSSR count). The van der Waals surface area contributed by atoms with Crippen LogP contribution < -0.4 is 5.32 Å². The molecule has 0 aliphatic rings. The van der Waals surface area contributed by atoms with E-state index in [2.05, 4.69) is 10.4 Å². The molecule has 1 heterocycles. The van der Waals surface area contributed by atoms with E-state index in [4.69, 9.17) is 5.11 Å². The van der Waals surface area contributed by atoms with E-state index < -0.39 is 30.6 Å². The Balaban J connectivity index is 2.10. The molecule has 9 heteroatoms. The molecule has 0 spiro atoms. The highest BCUT2D eigenvalue weighted by Crippen LogP contribution is 2.20. The minimum absolute atomic E-state index is 0.0539. The van der Waals surface area contributed by atoms with Crippen LogP contribution in [0.2, 0.25) is 0 Å². The number of aromatic nitrogens is 2. The minimum Gasteiger partial charge on any atom is -0.478 e. The monoisotopic (exact) mass is 355 g/mol. The summed E-state index contributed by atoms with van der Waals surface area (Å²) in [7, 11) is 0. The third kappa shape index (κ3) is 4.59. The SMILES string of the molecule is Cc1c(C(=O)N[C@H](C)c2ccc(C(=O)O)cc2)cnn1CC(F)(F)F. The Morgan fingerprint density at radius 3 is 2.40 bits per heavy atom. The molecule has 0 bridgehead atoms. The summed E-state index contributed by atoms with van der Waals surface area (Å²) in [6.07, 6.45) is -3.33. The fraction of sp³-hybridized carbons (Fsp3) is 0.312. The van der Waals surface area contributed by atoms with Gasteiger partial charge in [0.25, 0.3) is 5.91 Å².